The summed E-state index contributed by atoms with van der Waals surface area (Å²) in [5.41, 5.74) is -2.56. The molecule has 2 heterocycles. The van der Waals surface area contributed by atoms with Crippen LogP contribution in [0.1, 0.15) is 19.3 Å². The number of aliphatic hydroxyl groups is 4. The molecule has 10 heteroatoms. The molecule has 2 saturated heterocycles. The molecule has 10 nitrogen and oxygen atoms in total. The predicted octanol–water partition coefficient (Wildman–Crippen LogP) is -2.16. The van der Waals surface area contributed by atoms with Crippen LogP contribution in [-0.4, -0.2) is 90.3 Å². The molecule has 3 fully saturated rings. The van der Waals surface area contributed by atoms with E-state index in [1.165, 1.54) is 0 Å². The summed E-state index contributed by atoms with van der Waals surface area (Å²) < 4.78 is 0. The number of hydrogen-bond donors (Lipinski definition) is 4. The van der Waals surface area contributed by atoms with E-state index in [9.17, 15) is 30.0 Å². The fraction of sp³-hybridized carbons (Fsp3) is 0.818. The maximum absolute atomic E-state index is 12.4. The lowest BCUT2D eigenvalue weighted by molar-refractivity contribution is -0.102. The van der Waals surface area contributed by atoms with Crippen LogP contribution >= 0.6 is 0 Å². The number of urea groups is 2. The third-order valence-electron chi connectivity index (χ3n) is 4.97. The van der Waals surface area contributed by atoms with Gasteiger partial charge in [-0.15, -0.1) is 0 Å². The summed E-state index contributed by atoms with van der Waals surface area (Å²) in [6, 6.07) is -1.27. The van der Waals surface area contributed by atoms with Crippen molar-refractivity contribution >= 4 is 12.1 Å². The predicted molar refractivity (Wildman–Crippen MR) is 65.8 cm³/mol. The lowest BCUT2D eigenvalue weighted by Crippen LogP contribution is -2.65. The Morgan fingerprint density at radius 3 is 1.24 bits per heavy atom. The summed E-state index contributed by atoms with van der Waals surface area (Å²) in [5.74, 6) is 0. The monoisotopic (exact) mass is 302 g/mol. The quantitative estimate of drug-likeness (QED) is 0.468. The topological polar surface area (TPSA) is 128 Å². The van der Waals surface area contributed by atoms with Crippen LogP contribution in [0.15, 0.2) is 0 Å². The Hall–Kier alpha value is -1.62. The van der Waals surface area contributed by atoms with Crippen molar-refractivity contribution in [2.45, 2.75) is 30.6 Å². The van der Waals surface area contributed by atoms with Gasteiger partial charge >= 0.3 is 12.1 Å². The number of carbonyl (C=O) groups excluding carboxylic acids is 2. The molecule has 0 aromatic rings. The van der Waals surface area contributed by atoms with Crippen molar-refractivity contribution in [3.05, 3.63) is 0 Å². The van der Waals surface area contributed by atoms with Crippen molar-refractivity contribution in [2.75, 3.05) is 26.9 Å². The van der Waals surface area contributed by atoms with Gasteiger partial charge < -0.3 is 20.4 Å². The number of aliphatic hydroxyl groups excluding tert-OH is 4. The molecule has 0 atom stereocenters. The van der Waals surface area contributed by atoms with Crippen molar-refractivity contribution in [3.8, 4) is 0 Å². The van der Waals surface area contributed by atoms with Gasteiger partial charge in [-0.1, -0.05) is 0 Å². The van der Waals surface area contributed by atoms with E-state index in [2.05, 4.69) is 0 Å². The number of amides is 4. The summed E-state index contributed by atoms with van der Waals surface area (Å²) in [4.78, 5) is 29.1. The first-order valence-corrected chi connectivity index (χ1v) is 6.68. The first-order valence-electron chi connectivity index (χ1n) is 6.68. The van der Waals surface area contributed by atoms with Crippen LogP contribution in [0, 0.1) is 0 Å². The molecule has 0 spiro atoms. The van der Waals surface area contributed by atoms with E-state index in [-0.39, 0.29) is 0 Å². The molecule has 0 aromatic heterocycles. The van der Waals surface area contributed by atoms with Gasteiger partial charge in [0.15, 0.2) is 11.3 Å². The highest BCUT2D eigenvalue weighted by molar-refractivity contribution is 5.88. The maximum atomic E-state index is 12.4. The minimum atomic E-state index is -1.28. The Kier molecular flexibility index (Phi) is 3.03. The van der Waals surface area contributed by atoms with Gasteiger partial charge in [-0.3, -0.25) is 19.6 Å². The molecule has 3 rings (SSSR count). The normalized spacial score (nSPS) is 35.0. The van der Waals surface area contributed by atoms with Crippen LogP contribution in [0.5, 0.6) is 0 Å². The van der Waals surface area contributed by atoms with Crippen LogP contribution in [0.3, 0.4) is 0 Å². The van der Waals surface area contributed by atoms with Gasteiger partial charge in [-0.25, -0.2) is 9.59 Å². The van der Waals surface area contributed by atoms with Gasteiger partial charge in [0, 0.05) is 0 Å². The third-order valence-corrected chi connectivity index (χ3v) is 4.97. The molecule has 0 unspecified atom stereocenters. The van der Waals surface area contributed by atoms with E-state index in [1.54, 1.807) is 0 Å². The van der Waals surface area contributed by atoms with Crippen LogP contribution in [-0.2, 0) is 0 Å². The van der Waals surface area contributed by atoms with Crippen LogP contribution in [0.2, 0.25) is 0 Å². The Morgan fingerprint density at radius 1 is 0.714 bits per heavy atom. The highest BCUT2D eigenvalue weighted by Gasteiger charge is 2.79. The molecular weight excluding hydrogens is 284 g/mol. The summed E-state index contributed by atoms with van der Waals surface area (Å²) in [6.07, 6.45) is 1.30. The third kappa shape index (κ3) is 1.23. The molecule has 118 valence electrons. The van der Waals surface area contributed by atoms with Crippen LogP contribution < -0.4 is 0 Å². The highest BCUT2D eigenvalue weighted by atomic mass is 16.3. The van der Waals surface area contributed by atoms with Gasteiger partial charge in [0.25, 0.3) is 0 Å². The minimum absolute atomic E-state index is 0.346. The first-order chi connectivity index (χ1) is 10.1. The number of rotatable bonds is 4. The summed E-state index contributed by atoms with van der Waals surface area (Å²) >= 11 is 0. The molecule has 1 saturated carbocycles. The van der Waals surface area contributed by atoms with Gasteiger partial charge in [-0.2, -0.15) is 0 Å². The van der Waals surface area contributed by atoms with Crippen molar-refractivity contribution in [1.82, 2.24) is 19.6 Å². The molecule has 0 radical (unpaired) electrons. The first kappa shape index (κ1) is 14.3. The Balaban J connectivity index is 2.25. The van der Waals surface area contributed by atoms with Crippen molar-refractivity contribution in [1.29, 1.82) is 0 Å². The van der Waals surface area contributed by atoms with Gasteiger partial charge in [0.2, 0.25) is 0 Å². The van der Waals surface area contributed by atoms with E-state index in [1.807, 2.05) is 0 Å². The minimum Gasteiger partial charge on any atom is -0.376 e. The van der Waals surface area contributed by atoms with Crippen LogP contribution in [0.25, 0.3) is 0 Å². The fourth-order valence-electron chi connectivity index (χ4n) is 4.31. The van der Waals surface area contributed by atoms with Crippen molar-refractivity contribution in [2.24, 2.45) is 0 Å². The molecule has 1 aliphatic carbocycles. The lowest BCUT2D eigenvalue weighted by atomic mass is 9.96. The molecule has 21 heavy (non-hydrogen) atoms. The molecule has 4 N–H and O–H groups in total. The second kappa shape index (κ2) is 4.44. The number of nitrogens with zero attached hydrogens (tertiary/aromatic N) is 4. The summed E-state index contributed by atoms with van der Waals surface area (Å²) in [5, 5.41) is 38.4. The molecule has 0 bridgehead atoms. The van der Waals surface area contributed by atoms with E-state index < -0.39 is 50.3 Å². The van der Waals surface area contributed by atoms with E-state index in [4.69, 9.17) is 0 Å². The maximum Gasteiger partial charge on any atom is 0.327 e. The molecular formula is C11H18N4O6. The van der Waals surface area contributed by atoms with E-state index in [0.717, 1.165) is 19.6 Å². The average Bonchev–Trinajstić information content (AvgIpc) is 2.97. The van der Waals surface area contributed by atoms with Gasteiger partial charge in [0.1, 0.15) is 26.9 Å². The Labute approximate surface area is 120 Å². The van der Waals surface area contributed by atoms with E-state index >= 15 is 0 Å². The second-order valence-electron chi connectivity index (χ2n) is 5.33. The van der Waals surface area contributed by atoms with Crippen molar-refractivity contribution in [3.63, 3.8) is 0 Å². The summed E-state index contributed by atoms with van der Waals surface area (Å²) in [7, 11) is 0. The lowest BCUT2D eigenvalue weighted by Gasteiger charge is -2.43. The van der Waals surface area contributed by atoms with Crippen molar-refractivity contribution < 1.29 is 30.0 Å². The number of carbonyl (C=O) groups is 2. The molecule has 4 amide bonds. The van der Waals surface area contributed by atoms with Gasteiger partial charge in [0.05, 0.1) is 0 Å². The molecule has 3 aliphatic rings. The zero-order valence-corrected chi connectivity index (χ0v) is 11.3. The zero-order valence-electron chi connectivity index (χ0n) is 11.3. The van der Waals surface area contributed by atoms with Crippen LogP contribution in [0.4, 0.5) is 9.59 Å². The number of hydrogen-bond acceptors (Lipinski definition) is 6. The standard InChI is InChI=1S/C11H18N4O6/c16-4-12-8(20)14(6-18)11-3-1-2-10(11,12)13(5-17)9(21)15(11)7-19/h16-19H,1-7H2/t10-,11+. The SMILES string of the molecule is O=C1N(CO)[C@]23CCC[C@]2(N(CO)C(=O)N3CO)N1CO. The fourth-order valence-corrected chi connectivity index (χ4v) is 4.31. The zero-order chi connectivity index (χ0) is 15.4. The highest BCUT2D eigenvalue weighted by Crippen LogP contribution is 2.59. The largest absolute Gasteiger partial charge is 0.376 e. The Bertz CT molecular complexity index is 415. The molecule has 2 aliphatic heterocycles. The smallest absolute Gasteiger partial charge is 0.327 e. The van der Waals surface area contributed by atoms with Gasteiger partial charge in [-0.05, 0) is 19.3 Å². The Morgan fingerprint density at radius 2 is 1.00 bits per heavy atom. The van der Waals surface area contributed by atoms with E-state index in [0.29, 0.717) is 19.3 Å². The summed E-state index contributed by atoms with van der Waals surface area (Å²) in [6.45, 7) is -2.61. The second-order valence-corrected chi connectivity index (χ2v) is 5.33. The average molecular weight is 302 g/mol. The molecule has 0 aromatic carbocycles.